The first-order valence-corrected chi connectivity index (χ1v) is 8.83. The maximum Gasteiger partial charge on any atom is 0.310 e. The Kier molecular flexibility index (Phi) is 6.42. The van der Waals surface area contributed by atoms with E-state index in [1.807, 2.05) is 6.92 Å². The minimum atomic E-state index is -0.338. The molecule has 6 heteroatoms. The van der Waals surface area contributed by atoms with Gasteiger partial charge in [-0.1, -0.05) is 6.92 Å². The van der Waals surface area contributed by atoms with Crippen LogP contribution in [0.2, 0.25) is 0 Å². The van der Waals surface area contributed by atoms with Gasteiger partial charge in [-0.15, -0.1) is 0 Å². The average Bonchev–Trinajstić information content (AvgIpc) is 3.04. The normalized spacial score (nSPS) is 24.6. The van der Waals surface area contributed by atoms with Crippen molar-refractivity contribution in [3.8, 4) is 0 Å². The number of ether oxygens (including phenoxy) is 1. The van der Waals surface area contributed by atoms with Crippen LogP contribution in [0.4, 0.5) is 0 Å². The van der Waals surface area contributed by atoms with E-state index in [0.717, 1.165) is 32.1 Å². The van der Waals surface area contributed by atoms with Crippen LogP contribution in [0.5, 0.6) is 0 Å². The van der Waals surface area contributed by atoms with Gasteiger partial charge in [0.1, 0.15) is 6.04 Å². The van der Waals surface area contributed by atoms with Gasteiger partial charge < -0.3 is 14.5 Å². The fourth-order valence-electron chi connectivity index (χ4n) is 3.52. The number of rotatable bonds is 5. The first-order valence-electron chi connectivity index (χ1n) is 8.83. The van der Waals surface area contributed by atoms with E-state index < -0.39 is 0 Å². The monoisotopic (exact) mass is 324 g/mol. The van der Waals surface area contributed by atoms with Crippen LogP contribution in [0.3, 0.4) is 0 Å². The summed E-state index contributed by atoms with van der Waals surface area (Å²) >= 11 is 0. The Morgan fingerprint density at radius 2 is 1.83 bits per heavy atom. The van der Waals surface area contributed by atoms with Crippen LogP contribution in [-0.4, -0.2) is 59.9 Å². The Hall–Kier alpha value is -1.59. The number of carbonyl (C=O) groups excluding carboxylic acids is 3. The smallest absolute Gasteiger partial charge is 0.310 e. The summed E-state index contributed by atoms with van der Waals surface area (Å²) in [5, 5.41) is 0. The molecule has 2 heterocycles. The van der Waals surface area contributed by atoms with Crippen molar-refractivity contribution in [3.63, 3.8) is 0 Å². The molecular weight excluding hydrogens is 296 g/mol. The molecule has 0 aromatic heterocycles. The second kappa shape index (κ2) is 8.31. The molecule has 0 radical (unpaired) electrons. The highest BCUT2D eigenvalue weighted by atomic mass is 16.5. The van der Waals surface area contributed by atoms with Gasteiger partial charge in [-0.2, -0.15) is 0 Å². The molecule has 0 saturated carbocycles. The van der Waals surface area contributed by atoms with Crippen molar-refractivity contribution in [3.05, 3.63) is 0 Å². The summed E-state index contributed by atoms with van der Waals surface area (Å²) in [5.41, 5.74) is 0. The van der Waals surface area contributed by atoms with E-state index in [9.17, 15) is 14.4 Å². The summed E-state index contributed by atoms with van der Waals surface area (Å²) in [6.07, 6.45) is 4.48. The van der Waals surface area contributed by atoms with Crippen LogP contribution in [-0.2, 0) is 19.1 Å². The number of hydrogen-bond donors (Lipinski definition) is 0. The summed E-state index contributed by atoms with van der Waals surface area (Å²) in [6.45, 7) is 5.89. The molecule has 2 aliphatic heterocycles. The van der Waals surface area contributed by atoms with E-state index in [1.54, 1.807) is 16.7 Å². The zero-order valence-electron chi connectivity index (χ0n) is 14.3. The van der Waals surface area contributed by atoms with Gasteiger partial charge in [-0.3, -0.25) is 14.4 Å². The van der Waals surface area contributed by atoms with Gasteiger partial charge in [0.05, 0.1) is 12.5 Å². The largest absolute Gasteiger partial charge is 0.466 e. The minimum Gasteiger partial charge on any atom is -0.466 e. The number of hydrogen-bond acceptors (Lipinski definition) is 4. The molecule has 23 heavy (non-hydrogen) atoms. The standard InChI is InChI=1S/C17H28N2O4/c1-3-7-15(20)19-11-6-9-14(19)16(21)18-10-5-8-13(12-18)17(22)23-4-2/h13-14H,3-12H2,1-2H3. The van der Waals surface area contributed by atoms with Crippen molar-refractivity contribution in [1.82, 2.24) is 9.80 Å². The first-order chi connectivity index (χ1) is 11.1. The molecule has 2 unspecified atom stereocenters. The quantitative estimate of drug-likeness (QED) is 0.720. The molecule has 2 aliphatic rings. The first kappa shape index (κ1) is 17.8. The molecule has 0 bridgehead atoms. The van der Waals surface area contributed by atoms with Gasteiger partial charge in [0, 0.05) is 26.1 Å². The molecule has 0 aliphatic carbocycles. The highest BCUT2D eigenvalue weighted by Crippen LogP contribution is 2.24. The van der Waals surface area contributed by atoms with Gasteiger partial charge in [0.25, 0.3) is 0 Å². The van der Waals surface area contributed by atoms with E-state index >= 15 is 0 Å². The van der Waals surface area contributed by atoms with E-state index in [1.165, 1.54) is 0 Å². The van der Waals surface area contributed by atoms with Crippen molar-refractivity contribution in [2.24, 2.45) is 5.92 Å². The number of esters is 1. The molecule has 2 saturated heterocycles. The predicted octanol–water partition coefficient (Wildman–Crippen LogP) is 1.58. The number of piperidine rings is 1. The van der Waals surface area contributed by atoms with Gasteiger partial charge in [0.2, 0.25) is 11.8 Å². The van der Waals surface area contributed by atoms with E-state index in [2.05, 4.69) is 0 Å². The number of carbonyl (C=O) groups is 3. The lowest BCUT2D eigenvalue weighted by molar-refractivity contribution is -0.153. The summed E-state index contributed by atoms with van der Waals surface area (Å²) < 4.78 is 5.08. The lowest BCUT2D eigenvalue weighted by Crippen LogP contribution is -2.51. The maximum atomic E-state index is 12.8. The number of likely N-dealkylation sites (tertiary alicyclic amines) is 2. The van der Waals surface area contributed by atoms with Gasteiger partial charge in [-0.25, -0.2) is 0 Å². The molecular formula is C17H28N2O4. The number of amides is 2. The van der Waals surface area contributed by atoms with Crippen molar-refractivity contribution in [2.45, 2.75) is 58.4 Å². The fourth-order valence-corrected chi connectivity index (χ4v) is 3.52. The topological polar surface area (TPSA) is 66.9 Å². The summed E-state index contributed by atoms with van der Waals surface area (Å²) in [4.78, 5) is 40.4. The molecule has 0 aromatic carbocycles. The minimum absolute atomic E-state index is 0.000881. The highest BCUT2D eigenvalue weighted by Gasteiger charge is 2.38. The lowest BCUT2D eigenvalue weighted by atomic mass is 9.97. The van der Waals surface area contributed by atoms with Crippen molar-refractivity contribution in [2.75, 3.05) is 26.2 Å². The second-order valence-electron chi connectivity index (χ2n) is 6.37. The Morgan fingerprint density at radius 1 is 1.09 bits per heavy atom. The summed E-state index contributed by atoms with van der Waals surface area (Å²) in [6, 6.07) is -0.338. The Labute approximate surface area is 138 Å². The Balaban J connectivity index is 1.98. The zero-order valence-corrected chi connectivity index (χ0v) is 14.3. The molecule has 2 amide bonds. The molecule has 2 atom stereocenters. The highest BCUT2D eigenvalue weighted by molar-refractivity contribution is 5.88. The molecule has 0 N–H and O–H groups in total. The molecule has 2 fully saturated rings. The third kappa shape index (κ3) is 4.24. The molecule has 130 valence electrons. The average molecular weight is 324 g/mol. The van der Waals surface area contributed by atoms with Gasteiger partial charge >= 0.3 is 5.97 Å². The number of nitrogens with zero attached hydrogens (tertiary/aromatic N) is 2. The SMILES string of the molecule is CCCC(=O)N1CCCC1C(=O)N1CCCC(C(=O)OCC)C1. The predicted molar refractivity (Wildman–Crippen MR) is 85.6 cm³/mol. The van der Waals surface area contributed by atoms with Crippen molar-refractivity contribution < 1.29 is 19.1 Å². The Bertz CT molecular complexity index is 452. The Morgan fingerprint density at radius 3 is 2.52 bits per heavy atom. The summed E-state index contributed by atoms with van der Waals surface area (Å²) in [5.74, 6) is -0.368. The van der Waals surface area contributed by atoms with E-state index in [4.69, 9.17) is 4.74 Å². The van der Waals surface area contributed by atoms with E-state index in [0.29, 0.717) is 32.7 Å². The fraction of sp³-hybridized carbons (Fsp3) is 0.824. The maximum absolute atomic E-state index is 12.8. The zero-order chi connectivity index (χ0) is 16.8. The van der Waals surface area contributed by atoms with Crippen molar-refractivity contribution in [1.29, 1.82) is 0 Å². The van der Waals surface area contributed by atoms with Crippen LogP contribution in [0.1, 0.15) is 52.4 Å². The van der Waals surface area contributed by atoms with E-state index in [-0.39, 0.29) is 29.7 Å². The molecule has 0 aromatic rings. The van der Waals surface area contributed by atoms with Gasteiger partial charge in [-0.05, 0) is 39.0 Å². The molecule has 0 spiro atoms. The third-order valence-corrected chi connectivity index (χ3v) is 4.68. The summed E-state index contributed by atoms with van der Waals surface area (Å²) in [7, 11) is 0. The third-order valence-electron chi connectivity index (χ3n) is 4.68. The molecule has 2 rings (SSSR count). The second-order valence-corrected chi connectivity index (χ2v) is 6.37. The van der Waals surface area contributed by atoms with Gasteiger partial charge in [0.15, 0.2) is 0 Å². The molecule has 6 nitrogen and oxygen atoms in total. The van der Waals surface area contributed by atoms with Crippen LogP contribution >= 0.6 is 0 Å². The van der Waals surface area contributed by atoms with Crippen LogP contribution in [0.15, 0.2) is 0 Å². The lowest BCUT2D eigenvalue weighted by Gasteiger charge is -2.35. The van der Waals surface area contributed by atoms with Crippen LogP contribution < -0.4 is 0 Å². The van der Waals surface area contributed by atoms with Crippen LogP contribution in [0.25, 0.3) is 0 Å². The van der Waals surface area contributed by atoms with Crippen LogP contribution in [0, 0.1) is 5.92 Å². The van der Waals surface area contributed by atoms with Crippen molar-refractivity contribution >= 4 is 17.8 Å².